The van der Waals surface area contributed by atoms with Gasteiger partial charge in [-0.15, -0.1) is 0 Å². The van der Waals surface area contributed by atoms with E-state index in [9.17, 15) is 8.42 Å². The number of nitrogens with zero attached hydrogens (tertiary/aromatic N) is 3. The molecule has 1 aliphatic rings. The summed E-state index contributed by atoms with van der Waals surface area (Å²) in [6.07, 6.45) is 2.00. The molecule has 0 spiro atoms. The zero-order chi connectivity index (χ0) is 17.7. The molecule has 0 amide bonds. The predicted molar refractivity (Wildman–Crippen MR) is 91.1 cm³/mol. The first-order chi connectivity index (χ1) is 11.4. The molecule has 0 unspecified atom stereocenters. The number of rotatable bonds is 4. The maximum absolute atomic E-state index is 13.2. The third-order valence-electron chi connectivity index (χ3n) is 4.17. The summed E-state index contributed by atoms with van der Waals surface area (Å²) < 4.78 is 26.3. The quantitative estimate of drug-likeness (QED) is 0.620. The molecule has 5 nitrogen and oxygen atoms in total. The van der Waals surface area contributed by atoms with Gasteiger partial charge in [0.25, 0.3) is 0 Å². The summed E-state index contributed by atoms with van der Waals surface area (Å²) in [5.74, 6) is 0. The van der Waals surface area contributed by atoms with Crippen LogP contribution in [0, 0.1) is 22.7 Å². The van der Waals surface area contributed by atoms with Crippen LogP contribution in [0.4, 0.5) is 0 Å². The van der Waals surface area contributed by atoms with E-state index in [0.29, 0.717) is 5.70 Å². The van der Waals surface area contributed by atoms with Crippen LogP contribution in [0.5, 0.6) is 0 Å². The SMILES string of the molecule is CC(=C(C#N)C#N)/C(=C(\C)N1CCCC1)S(=O)(=O)c1ccccc1. The molecule has 2 rings (SSSR count). The Morgan fingerprint density at radius 1 is 1.04 bits per heavy atom. The fourth-order valence-electron chi connectivity index (χ4n) is 2.89. The molecule has 0 N–H and O–H groups in total. The molecule has 0 aliphatic carbocycles. The van der Waals surface area contributed by atoms with Crippen molar-refractivity contribution in [2.75, 3.05) is 13.1 Å². The van der Waals surface area contributed by atoms with E-state index in [1.54, 1.807) is 37.3 Å². The van der Waals surface area contributed by atoms with Gasteiger partial charge in [0, 0.05) is 18.8 Å². The zero-order valence-electron chi connectivity index (χ0n) is 13.8. The second kappa shape index (κ2) is 7.33. The van der Waals surface area contributed by atoms with Crippen molar-refractivity contribution in [3.05, 3.63) is 52.1 Å². The van der Waals surface area contributed by atoms with Gasteiger partial charge in [0.05, 0.1) is 9.80 Å². The first-order valence-corrected chi connectivity index (χ1v) is 9.19. The average molecular weight is 341 g/mol. The summed E-state index contributed by atoms with van der Waals surface area (Å²) in [6, 6.07) is 11.7. The molecule has 0 saturated carbocycles. The number of hydrogen-bond acceptors (Lipinski definition) is 5. The molecule has 0 atom stereocenters. The van der Waals surface area contributed by atoms with Gasteiger partial charge >= 0.3 is 0 Å². The van der Waals surface area contributed by atoms with E-state index < -0.39 is 9.84 Å². The summed E-state index contributed by atoms with van der Waals surface area (Å²) in [5, 5.41) is 18.3. The summed E-state index contributed by atoms with van der Waals surface area (Å²) >= 11 is 0. The maximum Gasteiger partial charge on any atom is 0.208 e. The van der Waals surface area contributed by atoms with Crippen LogP contribution < -0.4 is 0 Å². The van der Waals surface area contributed by atoms with E-state index in [-0.39, 0.29) is 20.9 Å². The van der Waals surface area contributed by atoms with Gasteiger partial charge in [0.1, 0.15) is 17.7 Å². The molecule has 1 heterocycles. The lowest BCUT2D eigenvalue weighted by Gasteiger charge is -2.23. The molecule has 0 radical (unpaired) electrons. The van der Waals surface area contributed by atoms with Gasteiger partial charge in [-0.2, -0.15) is 10.5 Å². The Kier molecular flexibility index (Phi) is 5.43. The van der Waals surface area contributed by atoms with Crippen molar-refractivity contribution in [2.45, 2.75) is 31.6 Å². The molecule has 6 heteroatoms. The maximum atomic E-state index is 13.2. The van der Waals surface area contributed by atoms with Crippen molar-refractivity contribution < 1.29 is 8.42 Å². The highest BCUT2D eigenvalue weighted by Crippen LogP contribution is 2.32. The van der Waals surface area contributed by atoms with Crippen molar-refractivity contribution in [1.82, 2.24) is 4.90 Å². The van der Waals surface area contributed by atoms with Gasteiger partial charge in [-0.1, -0.05) is 18.2 Å². The Bertz CT molecular complexity index is 847. The van der Waals surface area contributed by atoms with E-state index in [1.165, 1.54) is 19.1 Å². The van der Waals surface area contributed by atoms with Gasteiger partial charge < -0.3 is 4.90 Å². The fourth-order valence-corrected chi connectivity index (χ4v) is 4.66. The number of nitriles is 2. The molecule has 1 aromatic rings. The first-order valence-electron chi connectivity index (χ1n) is 7.71. The van der Waals surface area contributed by atoms with Crippen molar-refractivity contribution in [3.63, 3.8) is 0 Å². The standard InChI is InChI=1S/C18H19N3O2S/c1-14(16(12-19)13-20)18(15(2)21-10-6-7-11-21)24(22,23)17-8-4-3-5-9-17/h3-5,8-9H,6-7,10-11H2,1-2H3/b18-15-. The molecule has 1 aromatic carbocycles. The predicted octanol–water partition coefficient (Wildman–Crippen LogP) is 3.15. The summed E-state index contributed by atoms with van der Waals surface area (Å²) in [7, 11) is -3.82. The highest BCUT2D eigenvalue weighted by Gasteiger charge is 2.29. The van der Waals surface area contributed by atoms with Crippen LogP contribution in [0.1, 0.15) is 26.7 Å². The van der Waals surface area contributed by atoms with Crippen molar-refractivity contribution in [2.24, 2.45) is 0 Å². The van der Waals surface area contributed by atoms with E-state index in [0.717, 1.165) is 25.9 Å². The summed E-state index contributed by atoms with van der Waals surface area (Å²) in [5.41, 5.74) is 0.619. The molecule has 0 aromatic heterocycles. The minimum Gasteiger partial charge on any atom is -0.374 e. The van der Waals surface area contributed by atoms with Crippen LogP contribution in [-0.2, 0) is 9.84 Å². The smallest absolute Gasteiger partial charge is 0.208 e. The Labute approximate surface area is 143 Å². The molecule has 1 aliphatic heterocycles. The fraction of sp³-hybridized carbons (Fsp3) is 0.333. The monoisotopic (exact) mass is 341 g/mol. The van der Waals surface area contributed by atoms with Crippen LogP contribution >= 0.6 is 0 Å². The number of likely N-dealkylation sites (tertiary alicyclic amines) is 1. The number of allylic oxidation sites excluding steroid dienone is 3. The van der Waals surface area contributed by atoms with Crippen LogP contribution in [0.2, 0.25) is 0 Å². The summed E-state index contributed by atoms with van der Waals surface area (Å²) in [4.78, 5) is 2.23. The molecule has 1 fully saturated rings. The highest BCUT2D eigenvalue weighted by atomic mass is 32.2. The van der Waals surface area contributed by atoms with Crippen LogP contribution in [0.3, 0.4) is 0 Å². The van der Waals surface area contributed by atoms with Crippen molar-refractivity contribution in [1.29, 1.82) is 10.5 Å². The van der Waals surface area contributed by atoms with Gasteiger partial charge in [-0.3, -0.25) is 0 Å². The minimum atomic E-state index is -3.82. The van der Waals surface area contributed by atoms with E-state index in [2.05, 4.69) is 0 Å². The van der Waals surface area contributed by atoms with Gasteiger partial charge in [-0.25, -0.2) is 8.42 Å². The lowest BCUT2D eigenvalue weighted by Crippen LogP contribution is -2.22. The summed E-state index contributed by atoms with van der Waals surface area (Å²) in [6.45, 7) is 4.83. The first kappa shape index (κ1) is 17.8. The second-order valence-electron chi connectivity index (χ2n) is 5.65. The zero-order valence-corrected chi connectivity index (χ0v) is 14.6. The van der Waals surface area contributed by atoms with Crippen LogP contribution in [0.15, 0.2) is 57.0 Å². The van der Waals surface area contributed by atoms with Crippen molar-refractivity contribution in [3.8, 4) is 12.1 Å². The van der Waals surface area contributed by atoms with E-state index in [4.69, 9.17) is 10.5 Å². The largest absolute Gasteiger partial charge is 0.374 e. The Morgan fingerprint density at radius 3 is 2.08 bits per heavy atom. The Hall–Kier alpha value is -2.57. The van der Waals surface area contributed by atoms with Gasteiger partial charge in [0.2, 0.25) is 9.84 Å². The molecular weight excluding hydrogens is 322 g/mol. The topological polar surface area (TPSA) is 85.0 Å². The normalized spacial score (nSPS) is 15.2. The third-order valence-corrected chi connectivity index (χ3v) is 6.20. The van der Waals surface area contributed by atoms with Crippen LogP contribution in [-0.4, -0.2) is 26.4 Å². The van der Waals surface area contributed by atoms with Gasteiger partial charge in [-0.05, 0) is 44.4 Å². The van der Waals surface area contributed by atoms with Crippen molar-refractivity contribution >= 4 is 9.84 Å². The number of sulfone groups is 1. The second-order valence-corrected chi connectivity index (χ2v) is 7.54. The Morgan fingerprint density at radius 2 is 1.58 bits per heavy atom. The molecule has 124 valence electrons. The Balaban J connectivity index is 2.74. The number of hydrogen-bond donors (Lipinski definition) is 0. The van der Waals surface area contributed by atoms with E-state index >= 15 is 0 Å². The molecular formula is C18H19N3O2S. The minimum absolute atomic E-state index is 0.0636. The molecule has 24 heavy (non-hydrogen) atoms. The van der Waals surface area contributed by atoms with E-state index in [1.807, 2.05) is 4.90 Å². The highest BCUT2D eigenvalue weighted by molar-refractivity contribution is 7.95. The van der Waals surface area contributed by atoms with Gasteiger partial charge in [0.15, 0.2) is 0 Å². The molecule has 0 bridgehead atoms. The lowest BCUT2D eigenvalue weighted by molar-refractivity contribution is 0.425. The molecule has 1 saturated heterocycles. The lowest BCUT2D eigenvalue weighted by atomic mass is 10.1. The number of benzene rings is 1. The van der Waals surface area contributed by atoms with Crippen LogP contribution in [0.25, 0.3) is 0 Å². The third kappa shape index (κ3) is 3.34. The average Bonchev–Trinajstić information content (AvgIpc) is 3.11.